The molecule has 5 nitrogen and oxygen atoms in total. The molecular formula is C20H20F3NO4. The highest BCUT2D eigenvalue weighted by atomic mass is 19.4. The third-order valence-corrected chi connectivity index (χ3v) is 3.86. The van der Waals surface area contributed by atoms with Crippen LogP contribution in [-0.2, 0) is 17.5 Å². The van der Waals surface area contributed by atoms with Crippen molar-refractivity contribution in [3.05, 3.63) is 59.2 Å². The highest BCUT2D eigenvalue weighted by Crippen LogP contribution is 2.38. The maximum Gasteiger partial charge on any atom is 0.416 e. The van der Waals surface area contributed by atoms with Crippen LogP contribution in [0.1, 0.15) is 16.7 Å². The van der Waals surface area contributed by atoms with Gasteiger partial charge in [-0.15, -0.1) is 0 Å². The summed E-state index contributed by atoms with van der Waals surface area (Å²) in [5, 5.41) is 2.69. The average molecular weight is 395 g/mol. The number of carbonyl (C=O) groups excluding carboxylic acids is 1. The smallest absolute Gasteiger partial charge is 0.416 e. The van der Waals surface area contributed by atoms with E-state index in [2.05, 4.69) is 5.32 Å². The largest absolute Gasteiger partial charge is 0.493 e. The van der Waals surface area contributed by atoms with E-state index in [1.165, 1.54) is 45.6 Å². The summed E-state index contributed by atoms with van der Waals surface area (Å²) in [4.78, 5) is 12.0. The van der Waals surface area contributed by atoms with E-state index in [1.807, 2.05) is 0 Å². The Balaban J connectivity index is 2.01. The average Bonchev–Trinajstić information content (AvgIpc) is 2.69. The monoisotopic (exact) mass is 395 g/mol. The van der Waals surface area contributed by atoms with Crippen LogP contribution in [0.25, 0.3) is 6.08 Å². The number of hydrogen-bond donors (Lipinski definition) is 1. The summed E-state index contributed by atoms with van der Waals surface area (Å²) in [5.41, 5.74) is 0.471. The lowest BCUT2D eigenvalue weighted by Gasteiger charge is -2.14. The molecule has 0 atom stereocenters. The Hall–Kier alpha value is -3.16. The molecule has 0 heterocycles. The Kier molecular flexibility index (Phi) is 6.92. The topological polar surface area (TPSA) is 56.8 Å². The second-order valence-electron chi connectivity index (χ2n) is 5.70. The third-order valence-electron chi connectivity index (χ3n) is 3.86. The molecule has 0 aliphatic carbocycles. The Morgan fingerprint density at radius 3 is 2.04 bits per heavy atom. The predicted molar refractivity (Wildman–Crippen MR) is 98.4 cm³/mol. The van der Waals surface area contributed by atoms with Crippen LogP contribution in [0.5, 0.6) is 17.2 Å². The van der Waals surface area contributed by atoms with Gasteiger partial charge in [-0.25, -0.2) is 0 Å². The van der Waals surface area contributed by atoms with Crippen molar-refractivity contribution in [2.45, 2.75) is 12.7 Å². The first-order chi connectivity index (χ1) is 13.3. The van der Waals surface area contributed by atoms with Gasteiger partial charge < -0.3 is 19.5 Å². The van der Waals surface area contributed by atoms with E-state index in [-0.39, 0.29) is 6.54 Å². The number of methoxy groups -OCH3 is 3. The molecule has 0 fully saturated rings. The molecule has 2 aromatic rings. The molecule has 1 N–H and O–H groups in total. The molecule has 0 saturated heterocycles. The SMILES string of the molecule is COc1cc(CNC(=O)/C=C/c2ccc(C(F)(F)F)cc2)cc(OC)c1OC. The van der Waals surface area contributed by atoms with E-state index < -0.39 is 17.6 Å². The van der Waals surface area contributed by atoms with Gasteiger partial charge in [0.2, 0.25) is 11.7 Å². The lowest BCUT2D eigenvalue weighted by molar-refractivity contribution is -0.137. The molecular weight excluding hydrogens is 375 g/mol. The molecule has 0 aromatic heterocycles. The summed E-state index contributed by atoms with van der Waals surface area (Å²) in [7, 11) is 4.48. The molecule has 1 amide bonds. The molecule has 150 valence electrons. The first-order valence-electron chi connectivity index (χ1n) is 8.20. The first kappa shape index (κ1) is 21.1. The minimum absolute atomic E-state index is 0.201. The van der Waals surface area contributed by atoms with Crippen LogP contribution in [-0.4, -0.2) is 27.2 Å². The predicted octanol–water partition coefficient (Wildman–Crippen LogP) is 4.06. The normalized spacial score (nSPS) is 11.4. The van der Waals surface area contributed by atoms with Crippen molar-refractivity contribution in [2.24, 2.45) is 0 Å². The number of alkyl halides is 3. The van der Waals surface area contributed by atoms with E-state index in [0.717, 1.165) is 17.7 Å². The van der Waals surface area contributed by atoms with Crippen LogP contribution >= 0.6 is 0 Å². The molecule has 0 radical (unpaired) electrons. The Labute approximate surface area is 160 Å². The number of hydrogen-bond acceptors (Lipinski definition) is 4. The molecule has 2 aromatic carbocycles. The van der Waals surface area contributed by atoms with Gasteiger partial charge >= 0.3 is 6.18 Å². The molecule has 0 aliphatic heterocycles. The van der Waals surface area contributed by atoms with Crippen molar-refractivity contribution in [1.82, 2.24) is 5.32 Å². The van der Waals surface area contributed by atoms with Crippen LogP contribution in [0.3, 0.4) is 0 Å². The second kappa shape index (κ2) is 9.16. The fourth-order valence-electron chi connectivity index (χ4n) is 2.44. The van der Waals surface area contributed by atoms with E-state index >= 15 is 0 Å². The molecule has 0 bridgehead atoms. The zero-order valence-electron chi connectivity index (χ0n) is 15.6. The van der Waals surface area contributed by atoms with Crippen LogP contribution in [0.4, 0.5) is 13.2 Å². The summed E-state index contributed by atoms with van der Waals surface area (Å²) in [5.74, 6) is 0.980. The molecule has 0 spiro atoms. The maximum atomic E-state index is 12.5. The third kappa shape index (κ3) is 5.42. The standard InChI is InChI=1S/C20H20F3NO4/c1-26-16-10-14(11-17(27-2)19(16)28-3)12-24-18(25)9-6-13-4-7-15(8-5-13)20(21,22)23/h4-11H,12H2,1-3H3,(H,24,25)/b9-6+. The fourth-order valence-corrected chi connectivity index (χ4v) is 2.44. The minimum atomic E-state index is -4.39. The molecule has 0 unspecified atom stereocenters. The molecule has 0 aliphatic rings. The zero-order valence-corrected chi connectivity index (χ0v) is 15.6. The van der Waals surface area contributed by atoms with Gasteiger partial charge in [0, 0.05) is 12.6 Å². The number of carbonyl (C=O) groups is 1. The van der Waals surface area contributed by atoms with Gasteiger partial charge in [0.05, 0.1) is 26.9 Å². The maximum absolute atomic E-state index is 12.5. The molecule has 0 saturated carbocycles. The van der Waals surface area contributed by atoms with Gasteiger partial charge in [-0.3, -0.25) is 4.79 Å². The number of benzene rings is 2. The Morgan fingerprint density at radius 2 is 1.57 bits per heavy atom. The van der Waals surface area contributed by atoms with E-state index in [0.29, 0.717) is 22.8 Å². The fraction of sp³-hybridized carbons (Fsp3) is 0.250. The summed E-state index contributed by atoms with van der Waals surface area (Å²) in [6, 6.07) is 7.95. The number of amides is 1. The molecule has 8 heteroatoms. The van der Waals surface area contributed by atoms with Gasteiger partial charge in [-0.2, -0.15) is 13.2 Å². The van der Waals surface area contributed by atoms with Gasteiger partial charge in [0.15, 0.2) is 11.5 Å². The zero-order chi connectivity index (χ0) is 20.7. The first-order valence-corrected chi connectivity index (χ1v) is 8.20. The van der Waals surface area contributed by atoms with Gasteiger partial charge in [-0.1, -0.05) is 12.1 Å². The number of ether oxygens (including phenoxy) is 3. The van der Waals surface area contributed by atoms with Crippen LogP contribution < -0.4 is 19.5 Å². The Morgan fingerprint density at radius 1 is 1.00 bits per heavy atom. The lowest BCUT2D eigenvalue weighted by atomic mass is 10.1. The van der Waals surface area contributed by atoms with Crippen molar-refractivity contribution in [3.8, 4) is 17.2 Å². The molecule has 28 heavy (non-hydrogen) atoms. The Bertz CT molecular complexity index is 821. The van der Waals surface area contributed by atoms with Gasteiger partial charge in [-0.05, 0) is 41.5 Å². The highest BCUT2D eigenvalue weighted by molar-refractivity contribution is 5.91. The van der Waals surface area contributed by atoms with Crippen molar-refractivity contribution in [3.63, 3.8) is 0 Å². The summed E-state index contributed by atoms with van der Waals surface area (Å²) in [6.45, 7) is 0.201. The van der Waals surface area contributed by atoms with Crippen molar-refractivity contribution >= 4 is 12.0 Å². The van der Waals surface area contributed by atoms with Crippen LogP contribution in [0, 0.1) is 0 Å². The molecule has 2 rings (SSSR count). The quantitative estimate of drug-likeness (QED) is 0.719. The van der Waals surface area contributed by atoms with Crippen molar-refractivity contribution in [2.75, 3.05) is 21.3 Å². The van der Waals surface area contributed by atoms with E-state index in [9.17, 15) is 18.0 Å². The van der Waals surface area contributed by atoms with Crippen molar-refractivity contribution < 1.29 is 32.2 Å². The second-order valence-corrected chi connectivity index (χ2v) is 5.70. The minimum Gasteiger partial charge on any atom is -0.493 e. The van der Waals surface area contributed by atoms with Crippen molar-refractivity contribution in [1.29, 1.82) is 0 Å². The number of halogens is 3. The van der Waals surface area contributed by atoms with Crippen LogP contribution in [0.2, 0.25) is 0 Å². The lowest BCUT2D eigenvalue weighted by Crippen LogP contribution is -2.20. The summed E-state index contributed by atoms with van der Waals surface area (Å²) < 4.78 is 53.4. The van der Waals surface area contributed by atoms with Gasteiger partial charge in [0.25, 0.3) is 0 Å². The number of nitrogens with one attached hydrogen (secondary N) is 1. The number of rotatable bonds is 7. The highest BCUT2D eigenvalue weighted by Gasteiger charge is 2.29. The van der Waals surface area contributed by atoms with Crippen LogP contribution in [0.15, 0.2) is 42.5 Å². The summed E-state index contributed by atoms with van der Waals surface area (Å²) >= 11 is 0. The van der Waals surface area contributed by atoms with E-state index in [1.54, 1.807) is 12.1 Å². The van der Waals surface area contributed by atoms with Gasteiger partial charge in [0.1, 0.15) is 0 Å². The van der Waals surface area contributed by atoms with E-state index in [4.69, 9.17) is 14.2 Å². The summed E-state index contributed by atoms with van der Waals surface area (Å²) in [6.07, 6.45) is -1.70.